The fourth-order valence-electron chi connectivity index (χ4n) is 2.39. The topological polar surface area (TPSA) is 43.0 Å². The molecule has 2 heterocycles. The van der Waals surface area contributed by atoms with Gasteiger partial charge in [0.05, 0.1) is 18.0 Å². The Hall–Kier alpha value is -1.55. The van der Waals surface area contributed by atoms with Gasteiger partial charge in [0.15, 0.2) is 0 Å². The van der Waals surface area contributed by atoms with Crippen LogP contribution >= 0.6 is 0 Å². The van der Waals surface area contributed by atoms with Crippen molar-refractivity contribution in [2.45, 2.75) is 32.7 Å². The minimum absolute atomic E-state index is 0.263. The van der Waals surface area contributed by atoms with Crippen molar-refractivity contribution >= 4 is 0 Å². The maximum atomic E-state index is 5.46. The van der Waals surface area contributed by atoms with E-state index in [0.717, 1.165) is 24.3 Å². The molecule has 0 aliphatic rings. The summed E-state index contributed by atoms with van der Waals surface area (Å²) in [5, 5.41) is 7.75. The summed E-state index contributed by atoms with van der Waals surface area (Å²) in [5.74, 6) is 0.997. The first-order chi connectivity index (χ1) is 8.63. The first-order valence-electron chi connectivity index (χ1n) is 6.33. The van der Waals surface area contributed by atoms with E-state index < -0.39 is 0 Å². The van der Waals surface area contributed by atoms with Crippen molar-refractivity contribution in [1.29, 1.82) is 0 Å². The second-order valence-corrected chi connectivity index (χ2v) is 4.67. The number of hydrogen-bond donors (Lipinski definition) is 1. The SMILES string of the molecule is CNC(CCc1c(C)nn(C)c1C)c1ccco1. The third-order valence-electron chi connectivity index (χ3n) is 3.58. The zero-order valence-electron chi connectivity index (χ0n) is 11.5. The van der Waals surface area contributed by atoms with E-state index in [1.165, 1.54) is 11.3 Å². The third-order valence-corrected chi connectivity index (χ3v) is 3.58. The molecule has 0 aliphatic heterocycles. The van der Waals surface area contributed by atoms with Crippen molar-refractivity contribution < 1.29 is 4.42 Å². The zero-order valence-corrected chi connectivity index (χ0v) is 11.5. The summed E-state index contributed by atoms with van der Waals surface area (Å²) in [4.78, 5) is 0. The Morgan fingerprint density at radius 2 is 2.22 bits per heavy atom. The molecule has 18 heavy (non-hydrogen) atoms. The summed E-state index contributed by atoms with van der Waals surface area (Å²) >= 11 is 0. The largest absolute Gasteiger partial charge is 0.468 e. The average molecular weight is 247 g/mol. The summed E-state index contributed by atoms with van der Waals surface area (Å²) in [6, 6.07) is 4.21. The Kier molecular flexibility index (Phi) is 3.87. The fraction of sp³-hybridized carbons (Fsp3) is 0.500. The van der Waals surface area contributed by atoms with Crippen molar-refractivity contribution in [3.05, 3.63) is 41.1 Å². The molecule has 0 bridgehead atoms. The lowest BCUT2D eigenvalue weighted by atomic mass is 10.0. The van der Waals surface area contributed by atoms with E-state index in [1.54, 1.807) is 6.26 Å². The van der Waals surface area contributed by atoms with Crippen molar-refractivity contribution in [2.24, 2.45) is 7.05 Å². The van der Waals surface area contributed by atoms with Gasteiger partial charge in [-0.05, 0) is 51.4 Å². The van der Waals surface area contributed by atoms with Crippen LogP contribution in [-0.4, -0.2) is 16.8 Å². The van der Waals surface area contributed by atoms with Crippen molar-refractivity contribution in [1.82, 2.24) is 15.1 Å². The Morgan fingerprint density at radius 3 is 2.72 bits per heavy atom. The highest BCUT2D eigenvalue weighted by molar-refractivity contribution is 5.24. The van der Waals surface area contributed by atoms with Crippen LogP contribution in [-0.2, 0) is 13.5 Å². The van der Waals surface area contributed by atoms with Crippen molar-refractivity contribution in [3.63, 3.8) is 0 Å². The Bertz CT molecular complexity index is 499. The second kappa shape index (κ2) is 5.40. The van der Waals surface area contributed by atoms with Crippen molar-refractivity contribution in [2.75, 3.05) is 7.05 Å². The van der Waals surface area contributed by atoms with Crippen LogP contribution in [0.1, 0.15) is 35.2 Å². The summed E-state index contributed by atoms with van der Waals surface area (Å²) in [6.45, 7) is 4.19. The number of furan rings is 1. The van der Waals surface area contributed by atoms with E-state index in [1.807, 2.05) is 30.9 Å². The van der Waals surface area contributed by atoms with Crippen LogP contribution < -0.4 is 5.32 Å². The molecule has 1 unspecified atom stereocenters. The van der Waals surface area contributed by atoms with Crippen molar-refractivity contribution in [3.8, 4) is 0 Å². The molecule has 0 fully saturated rings. The third kappa shape index (κ3) is 2.48. The van der Waals surface area contributed by atoms with Gasteiger partial charge in [-0.15, -0.1) is 0 Å². The standard InChI is InChI=1S/C14H21N3O/c1-10-12(11(2)17(4)16-10)7-8-13(15-3)14-6-5-9-18-14/h5-6,9,13,15H,7-8H2,1-4H3. The van der Waals surface area contributed by atoms with E-state index in [2.05, 4.69) is 24.3 Å². The molecule has 2 rings (SSSR count). The van der Waals surface area contributed by atoms with Gasteiger partial charge in [0, 0.05) is 12.7 Å². The molecular weight excluding hydrogens is 226 g/mol. The summed E-state index contributed by atoms with van der Waals surface area (Å²) < 4.78 is 7.41. The van der Waals surface area contributed by atoms with Crippen LogP contribution in [0.3, 0.4) is 0 Å². The first kappa shape index (κ1) is 12.9. The number of hydrogen-bond acceptors (Lipinski definition) is 3. The van der Waals surface area contributed by atoms with Gasteiger partial charge < -0.3 is 9.73 Å². The molecule has 2 aromatic rings. The fourth-order valence-corrected chi connectivity index (χ4v) is 2.39. The maximum Gasteiger partial charge on any atom is 0.120 e. The van der Waals surface area contributed by atoms with Gasteiger partial charge >= 0.3 is 0 Å². The quantitative estimate of drug-likeness (QED) is 0.883. The lowest BCUT2D eigenvalue weighted by molar-refractivity contribution is 0.414. The molecule has 98 valence electrons. The molecular formula is C14H21N3O. The van der Waals surface area contributed by atoms with Gasteiger partial charge in [-0.3, -0.25) is 4.68 Å². The highest BCUT2D eigenvalue weighted by Crippen LogP contribution is 2.22. The van der Waals surface area contributed by atoms with Crippen LogP contribution in [0, 0.1) is 13.8 Å². The normalized spacial score (nSPS) is 12.9. The molecule has 4 nitrogen and oxygen atoms in total. The van der Waals surface area contributed by atoms with E-state index in [4.69, 9.17) is 4.42 Å². The minimum Gasteiger partial charge on any atom is -0.468 e. The van der Waals surface area contributed by atoms with E-state index in [9.17, 15) is 0 Å². The predicted octanol–water partition coefficient (Wildman–Crippen LogP) is 2.52. The summed E-state index contributed by atoms with van der Waals surface area (Å²) in [6.07, 6.45) is 3.75. The highest BCUT2D eigenvalue weighted by Gasteiger charge is 2.15. The lowest BCUT2D eigenvalue weighted by Crippen LogP contribution is -2.16. The lowest BCUT2D eigenvalue weighted by Gasteiger charge is -2.13. The van der Waals surface area contributed by atoms with E-state index in [0.29, 0.717) is 0 Å². The van der Waals surface area contributed by atoms with Crippen LogP contribution in [0.2, 0.25) is 0 Å². The first-order valence-corrected chi connectivity index (χ1v) is 6.33. The van der Waals surface area contributed by atoms with Crippen LogP contribution in [0.4, 0.5) is 0 Å². The molecule has 0 aliphatic carbocycles. The predicted molar refractivity (Wildman–Crippen MR) is 71.5 cm³/mol. The van der Waals surface area contributed by atoms with Gasteiger partial charge in [0.25, 0.3) is 0 Å². The van der Waals surface area contributed by atoms with Crippen LogP contribution in [0.15, 0.2) is 22.8 Å². The maximum absolute atomic E-state index is 5.46. The monoisotopic (exact) mass is 247 g/mol. The van der Waals surface area contributed by atoms with Crippen LogP contribution in [0.5, 0.6) is 0 Å². The van der Waals surface area contributed by atoms with Gasteiger partial charge in [-0.1, -0.05) is 0 Å². The Labute approximate surface area is 108 Å². The number of aromatic nitrogens is 2. The molecule has 0 aromatic carbocycles. The Morgan fingerprint density at radius 1 is 1.44 bits per heavy atom. The van der Waals surface area contributed by atoms with E-state index in [-0.39, 0.29) is 6.04 Å². The average Bonchev–Trinajstić information content (AvgIpc) is 2.94. The number of nitrogens with one attached hydrogen (secondary N) is 1. The smallest absolute Gasteiger partial charge is 0.120 e. The second-order valence-electron chi connectivity index (χ2n) is 4.67. The number of rotatable bonds is 5. The minimum atomic E-state index is 0.263. The molecule has 0 spiro atoms. The molecule has 4 heteroatoms. The van der Waals surface area contributed by atoms with E-state index >= 15 is 0 Å². The molecule has 0 saturated heterocycles. The van der Waals surface area contributed by atoms with Gasteiger partial charge in [0.1, 0.15) is 5.76 Å². The molecule has 1 N–H and O–H groups in total. The zero-order chi connectivity index (χ0) is 13.1. The molecule has 0 saturated carbocycles. The van der Waals surface area contributed by atoms with Gasteiger partial charge in [0.2, 0.25) is 0 Å². The van der Waals surface area contributed by atoms with Gasteiger partial charge in [-0.25, -0.2) is 0 Å². The summed E-state index contributed by atoms with van der Waals surface area (Å²) in [7, 11) is 3.96. The number of aryl methyl sites for hydroxylation is 2. The number of nitrogens with zero attached hydrogens (tertiary/aromatic N) is 2. The highest BCUT2D eigenvalue weighted by atomic mass is 16.3. The van der Waals surface area contributed by atoms with Crippen LogP contribution in [0.25, 0.3) is 0 Å². The molecule has 0 radical (unpaired) electrons. The van der Waals surface area contributed by atoms with Gasteiger partial charge in [-0.2, -0.15) is 5.10 Å². The molecule has 2 aromatic heterocycles. The summed E-state index contributed by atoms with van der Waals surface area (Å²) in [5.41, 5.74) is 3.73. The molecule has 1 atom stereocenters. The Balaban J connectivity index is 2.06. The molecule has 0 amide bonds.